The molecule has 0 spiro atoms. The molecule has 2 rings (SSSR count). The van der Waals surface area contributed by atoms with Gasteiger partial charge in [-0.1, -0.05) is 17.7 Å². The van der Waals surface area contributed by atoms with Crippen molar-refractivity contribution < 1.29 is 27.5 Å². The molecule has 0 bridgehead atoms. The first-order valence-electron chi connectivity index (χ1n) is 5.87. The van der Waals surface area contributed by atoms with Crippen LogP contribution in [0.5, 0.6) is 5.75 Å². The number of alkyl halides is 3. The van der Waals surface area contributed by atoms with Crippen LogP contribution in [0.15, 0.2) is 41.0 Å². The number of nitrogens with one attached hydrogen (secondary N) is 1. The van der Waals surface area contributed by atoms with E-state index in [1.54, 1.807) is 0 Å². The Bertz CT molecular complexity index is 683. The normalized spacial score (nSPS) is 15.0. The Labute approximate surface area is 127 Å². The molecule has 1 aromatic carbocycles. The van der Waals surface area contributed by atoms with Crippen LogP contribution in [0.4, 0.5) is 18.9 Å². The van der Waals surface area contributed by atoms with Crippen molar-refractivity contribution in [2.24, 2.45) is 4.99 Å². The Balaban J connectivity index is 2.12. The zero-order valence-corrected chi connectivity index (χ0v) is 11.5. The van der Waals surface area contributed by atoms with Crippen molar-refractivity contribution in [3.05, 3.63) is 36.0 Å². The Kier molecular flexibility index (Phi) is 4.51. The van der Waals surface area contributed by atoms with Crippen molar-refractivity contribution in [2.45, 2.75) is 12.8 Å². The number of nitrogens with zero attached hydrogens (tertiary/aromatic N) is 1. The Morgan fingerprint density at radius 3 is 2.73 bits per heavy atom. The van der Waals surface area contributed by atoms with Crippen molar-refractivity contribution in [2.75, 3.05) is 5.32 Å². The SMILES string of the molecule is O=C1CC(Cl)=NC=C1C(=O)Nc1cccc(OC(F)(F)F)c1. The fourth-order valence-electron chi connectivity index (χ4n) is 1.63. The molecule has 1 heterocycles. The summed E-state index contributed by atoms with van der Waals surface area (Å²) in [6, 6.07) is 4.68. The van der Waals surface area contributed by atoms with E-state index in [2.05, 4.69) is 15.0 Å². The number of aliphatic imine (C=N–C) groups is 1. The summed E-state index contributed by atoms with van der Waals surface area (Å²) in [5.41, 5.74) is -0.187. The number of carbonyl (C=O) groups excluding carboxylic acids is 2. The van der Waals surface area contributed by atoms with Crippen molar-refractivity contribution in [3.63, 3.8) is 0 Å². The van der Waals surface area contributed by atoms with Crippen molar-refractivity contribution >= 4 is 34.1 Å². The first-order valence-corrected chi connectivity index (χ1v) is 6.25. The molecule has 0 saturated carbocycles. The second kappa shape index (κ2) is 6.18. The van der Waals surface area contributed by atoms with Crippen LogP contribution >= 0.6 is 11.6 Å². The van der Waals surface area contributed by atoms with Crippen LogP contribution in [-0.2, 0) is 9.59 Å². The number of anilines is 1. The molecule has 1 aliphatic rings. The molecule has 0 saturated heterocycles. The molecule has 1 N–H and O–H groups in total. The quantitative estimate of drug-likeness (QED) is 0.865. The van der Waals surface area contributed by atoms with Crippen molar-refractivity contribution in [1.29, 1.82) is 0 Å². The lowest BCUT2D eigenvalue weighted by Gasteiger charge is -2.12. The van der Waals surface area contributed by atoms with E-state index < -0.39 is 23.8 Å². The van der Waals surface area contributed by atoms with Gasteiger partial charge in [-0.3, -0.25) is 9.59 Å². The Morgan fingerprint density at radius 1 is 1.36 bits per heavy atom. The van der Waals surface area contributed by atoms with Gasteiger partial charge >= 0.3 is 6.36 Å². The summed E-state index contributed by atoms with van der Waals surface area (Å²) >= 11 is 5.55. The highest BCUT2D eigenvalue weighted by Gasteiger charge is 2.31. The lowest BCUT2D eigenvalue weighted by atomic mass is 10.1. The number of hydrogen-bond acceptors (Lipinski definition) is 4. The Hall–Kier alpha value is -2.35. The molecule has 22 heavy (non-hydrogen) atoms. The van der Waals surface area contributed by atoms with Gasteiger partial charge in [0.05, 0.1) is 6.42 Å². The van der Waals surface area contributed by atoms with Crippen LogP contribution in [0.1, 0.15) is 6.42 Å². The number of amides is 1. The number of Topliss-reactive ketones (excluding diaryl/α,β-unsaturated/α-hetero) is 1. The highest BCUT2D eigenvalue weighted by Crippen LogP contribution is 2.25. The average molecular weight is 333 g/mol. The molecule has 0 aromatic heterocycles. The third kappa shape index (κ3) is 4.32. The predicted octanol–water partition coefficient (Wildman–Crippen LogP) is 3.02. The summed E-state index contributed by atoms with van der Waals surface area (Å²) < 4.78 is 40.1. The summed E-state index contributed by atoms with van der Waals surface area (Å²) in [4.78, 5) is 27.2. The van der Waals surface area contributed by atoms with E-state index in [4.69, 9.17) is 11.6 Å². The largest absolute Gasteiger partial charge is 0.573 e. The number of rotatable bonds is 3. The van der Waals surface area contributed by atoms with Crippen LogP contribution in [0.3, 0.4) is 0 Å². The lowest BCUT2D eigenvalue weighted by Crippen LogP contribution is -2.23. The van der Waals surface area contributed by atoms with Gasteiger partial charge in [0.1, 0.15) is 16.5 Å². The highest BCUT2D eigenvalue weighted by atomic mass is 35.5. The summed E-state index contributed by atoms with van der Waals surface area (Å²) in [7, 11) is 0. The molecule has 0 atom stereocenters. The van der Waals surface area contributed by atoms with E-state index in [1.165, 1.54) is 12.1 Å². The predicted molar refractivity (Wildman–Crippen MR) is 72.7 cm³/mol. The molecule has 5 nitrogen and oxygen atoms in total. The summed E-state index contributed by atoms with van der Waals surface area (Å²) in [5.74, 6) is -1.81. The smallest absolute Gasteiger partial charge is 0.406 e. The van der Waals surface area contributed by atoms with Crippen molar-refractivity contribution in [3.8, 4) is 5.75 Å². The van der Waals surface area contributed by atoms with E-state index in [0.717, 1.165) is 18.3 Å². The fourth-order valence-corrected chi connectivity index (χ4v) is 1.80. The fraction of sp³-hybridized carbons (Fsp3) is 0.154. The molecule has 1 amide bonds. The minimum atomic E-state index is -4.84. The van der Waals surface area contributed by atoms with E-state index >= 15 is 0 Å². The minimum absolute atomic E-state index is 0.0427. The number of hydrogen-bond donors (Lipinski definition) is 1. The van der Waals surface area contributed by atoms with Crippen LogP contribution in [0.25, 0.3) is 0 Å². The number of carbonyl (C=O) groups is 2. The van der Waals surface area contributed by atoms with Gasteiger partial charge < -0.3 is 10.1 Å². The van der Waals surface area contributed by atoms with Gasteiger partial charge in [0.2, 0.25) is 0 Å². The second-order valence-electron chi connectivity index (χ2n) is 4.18. The monoisotopic (exact) mass is 332 g/mol. The van der Waals surface area contributed by atoms with Gasteiger partial charge in [0.25, 0.3) is 5.91 Å². The zero-order valence-electron chi connectivity index (χ0n) is 10.8. The third-order valence-corrected chi connectivity index (χ3v) is 2.74. The van der Waals surface area contributed by atoms with E-state index in [0.29, 0.717) is 0 Å². The van der Waals surface area contributed by atoms with Gasteiger partial charge in [-0.25, -0.2) is 4.99 Å². The highest BCUT2D eigenvalue weighted by molar-refractivity contribution is 6.67. The first kappa shape index (κ1) is 16.0. The molecule has 0 fully saturated rings. The first-order chi connectivity index (χ1) is 10.2. The molecule has 1 aliphatic heterocycles. The number of ether oxygens (including phenoxy) is 1. The lowest BCUT2D eigenvalue weighted by molar-refractivity contribution is -0.274. The van der Waals surface area contributed by atoms with Crippen LogP contribution in [0, 0.1) is 0 Å². The maximum Gasteiger partial charge on any atom is 0.573 e. The van der Waals surface area contributed by atoms with Gasteiger partial charge in [-0.05, 0) is 12.1 Å². The molecular formula is C13H8ClF3N2O3. The summed E-state index contributed by atoms with van der Waals surface area (Å²) in [6.07, 6.45) is -4.02. The maximum atomic E-state index is 12.1. The molecule has 9 heteroatoms. The molecular weight excluding hydrogens is 325 g/mol. The van der Waals surface area contributed by atoms with Gasteiger partial charge in [0, 0.05) is 18.0 Å². The van der Waals surface area contributed by atoms with Gasteiger partial charge in [-0.2, -0.15) is 0 Å². The van der Waals surface area contributed by atoms with Crippen LogP contribution < -0.4 is 10.1 Å². The average Bonchev–Trinajstić information content (AvgIpc) is 2.36. The second-order valence-corrected chi connectivity index (χ2v) is 4.61. The van der Waals surface area contributed by atoms with Crippen molar-refractivity contribution in [1.82, 2.24) is 0 Å². The minimum Gasteiger partial charge on any atom is -0.406 e. The third-order valence-electron chi connectivity index (χ3n) is 2.51. The molecule has 1 aromatic rings. The summed E-state index contributed by atoms with van der Waals surface area (Å²) in [5, 5.41) is 2.35. The molecule has 0 aliphatic carbocycles. The van der Waals surface area contributed by atoms with Crippen LogP contribution in [-0.4, -0.2) is 23.2 Å². The van der Waals surface area contributed by atoms with E-state index in [9.17, 15) is 22.8 Å². The maximum absolute atomic E-state index is 12.1. The van der Waals surface area contributed by atoms with Gasteiger partial charge in [0.15, 0.2) is 5.78 Å². The van der Waals surface area contributed by atoms with E-state index in [-0.39, 0.29) is 22.9 Å². The number of benzene rings is 1. The molecule has 116 valence electrons. The number of ketones is 1. The van der Waals surface area contributed by atoms with Crippen LogP contribution in [0.2, 0.25) is 0 Å². The van der Waals surface area contributed by atoms with E-state index in [1.807, 2.05) is 0 Å². The molecule has 0 unspecified atom stereocenters. The van der Waals surface area contributed by atoms with Gasteiger partial charge in [-0.15, -0.1) is 13.2 Å². The topological polar surface area (TPSA) is 67.8 Å². The molecule has 0 radical (unpaired) electrons. The standard InChI is InChI=1S/C13H8ClF3N2O3/c14-11-5-10(20)9(6-18-11)12(21)19-7-2-1-3-8(4-7)22-13(15,16)17/h1-4,6H,5H2,(H,19,21). The summed E-state index contributed by atoms with van der Waals surface area (Å²) in [6.45, 7) is 0. The zero-order chi connectivity index (χ0) is 16.3. The number of halogens is 4. The Morgan fingerprint density at radius 2 is 2.09 bits per heavy atom.